The van der Waals surface area contributed by atoms with Crippen molar-refractivity contribution in [3.8, 4) is 5.75 Å². The first-order valence-corrected chi connectivity index (χ1v) is 9.65. The van der Waals surface area contributed by atoms with Gasteiger partial charge in [-0.2, -0.15) is 0 Å². The first-order chi connectivity index (χ1) is 14.0. The van der Waals surface area contributed by atoms with Gasteiger partial charge in [-0.3, -0.25) is 4.79 Å². The van der Waals surface area contributed by atoms with Crippen LogP contribution in [0.15, 0.2) is 58.2 Å². The lowest BCUT2D eigenvalue weighted by Crippen LogP contribution is -2.14. The molecule has 1 amide bonds. The molecule has 1 N–H and O–H groups in total. The third kappa shape index (κ3) is 5.82. The summed E-state index contributed by atoms with van der Waals surface area (Å²) in [6.45, 7) is 2.10. The Labute approximate surface area is 171 Å². The van der Waals surface area contributed by atoms with Gasteiger partial charge in [-0.05, 0) is 42.8 Å². The highest BCUT2D eigenvalue weighted by Gasteiger charge is 2.11. The number of rotatable bonds is 8. The average molecular weight is 413 g/mol. The number of esters is 1. The molecule has 0 saturated heterocycles. The van der Waals surface area contributed by atoms with Gasteiger partial charge in [0.2, 0.25) is 5.91 Å². The lowest BCUT2D eigenvalue weighted by Gasteiger charge is -2.06. The van der Waals surface area contributed by atoms with Crippen LogP contribution in [0.25, 0.3) is 0 Å². The highest BCUT2D eigenvalue weighted by Crippen LogP contribution is 2.20. The zero-order chi connectivity index (χ0) is 20.6. The van der Waals surface area contributed by atoms with Crippen LogP contribution in [0.1, 0.15) is 21.8 Å². The highest BCUT2D eigenvalue weighted by molar-refractivity contribution is 7.99. The fourth-order valence-corrected chi connectivity index (χ4v) is 2.92. The number of nitrogens with one attached hydrogen (secondary N) is 1. The van der Waals surface area contributed by atoms with Crippen LogP contribution < -0.4 is 10.1 Å². The summed E-state index contributed by atoms with van der Waals surface area (Å²) in [6, 6.07) is 14.0. The molecular formula is C20H19N3O5S. The van der Waals surface area contributed by atoms with Gasteiger partial charge >= 0.3 is 5.97 Å². The number of carbonyl (C=O) groups excluding carboxylic acids is 2. The molecule has 3 aromatic rings. The Morgan fingerprint density at radius 3 is 2.59 bits per heavy atom. The third-order valence-electron chi connectivity index (χ3n) is 3.81. The second kappa shape index (κ2) is 9.74. The first-order valence-electron chi connectivity index (χ1n) is 8.67. The van der Waals surface area contributed by atoms with E-state index in [9.17, 15) is 9.59 Å². The molecule has 0 atom stereocenters. The van der Waals surface area contributed by atoms with Crippen molar-refractivity contribution in [1.29, 1.82) is 0 Å². The summed E-state index contributed by atoms with van der Waals surface area (Å²) >= 11 is 1.12. The number of hydrogen-bond donors (Lipinski definition) is 1. The van der Waals surface area contributed by atoms with Crippen LogP contribution in [0.4, 0.5) is 5.69 Å². The molecule has 2 aromatic carbocycles. The van der Waals surface area contributed by atoms with Crippen molar-refractivity contribution in [3.63, 3.8) is 0 Å². The van der Waals surface area contributed by atoms with E-state index in [4.69, 9.17) is 9.15 Å². The second-order valence-electron chi connectivity index (χ2n) is 5.92. The van der Waals surface area contributed by atoms with Crippen molar-refractivity contribution < 1.29 is 23.5 Å². The van der Waals surface area contributed by atoms with E-state index in [0.29, 0.717) is 17.1 Å². The maximum Gasteiger partial charge on any atom is 0.337 e. The van der Waals surface area contributed by atoms with E-state index in [2.05, 4.69) is 20.3 Å². The monoisotopic (exact) mass is 413 g/mol. The van der Waals surface area contributed by atoms with E-state index in [1.165, 1.54) is 7.11 Å². The molecule has 0 fully saturated rings. The number of nitrogens with zero attached hydrogens (tertiary/aromatic N) is 2. The molecule has 1 heterocycles. The van der Waals surface area contributed by atoms with Gasteiger partial charge in [0.25, 0.3) is 11.1 Å². The number of hydrogen-bond acceptors (Lipinski definition) is 8. The molecule has 0 aliphatic heterocycles. The van der Waals surface area contributed by atoms with Gasteiger partial charge in [0, 0.05) is 5.69 Å². The summed E-state index contributed by atoms with van der Waals surface area (Å²) in [6.07, 6.45) is 0. The van der Waals surface area contributed by atoms with Crippen molar-refractivity contribution >= 4 is 29.3 Å². The number of thioether (sulfide) groups is 1. The summed E-state index contributed by atoms with van der Waals surface area (Å²) in [5.41, 5.74) is 1.99. The number of amides is 1. The van der Waals surface area contributed by atoms with E-state index in [1.807, 2.05) is 31.2 Å². The molecule has 150 valence electrons. The number of aromatic nitrogens is 2. The predicted molar refractivity (Wildman–Crippen MR) is 107 cm³/mol. The number of aryl methyl sites for hydroxylation is 1. The standard InChI is InChI=1S/C20H19N3O5S/c1-13-5-3-4-6-16(13)27-11-18-22-23-20(28-18)29-12-17(24)21-15-9-7-14(8-10-15)19(25)26-2/h3-10H,11-12H2,1-2H3,(H,21,24). The van der Waals surface area contributed by atoms with E-state index < -0.39 is 5.97 Å². The predicted octanol–water partition coefficient (Wildman–Crippen LogP) is 3.47. The summed E-state index contributed by atoms with van der Waals surface area (Å²) in [7, 11) is 1.31. The normalized spacial score (nSPS) is 10.4. The fourth-order valence-electron chi connectivity index (χ4n) is 2.34. The highest BCUT2D eigenvalue weighted by atomic mass is 32.2. The Balaban J connectivity index is 1.46. The number of benzene rings is 2. The number of para-hydroxylation sites is 1. The van der Waals surface area contributed by atoms with Crippen LogP contribution in [-0.2, 0) is 16.1 Å². The number of carbonyl (C=O) groups is 2. The Hall–Kier alpha value is -3.33. The minimum Gasteiger partial charge on any atom is -0.484 e. The molecule has 1 aromatic heterocycles. The van der Waals surface area contributed by atoms with Gasteiger partial charge < -0.3 is 19.2 Å². The molecule has 29 heavy (non-hydrogen) atoms. The topological polar surface area (TPSA) is 104 Å². The Morgan fingerprint density at radius 1 is 1.10 bits per heavy atom. The minimum atomic E-state index is -0.433. The third-order valence-corrected chi connectivity index (χ3v) is 4.63. The fraction of sp³-hybridized carbons (Fsp3) is 0.200. The van der Waals surface area contributed by atoms with Crippen LogP contribution in [0, 0.1) is 6.92 Å². The molecule has 3 rings (SSSR count). The second-order valence-corrected chi connectivity index (χ2v) is 6.85. The molecule has 9 heteroatoms. The summed E-state index contributed by atoms with van der Waals surface area (Å²) in [5.74, 6) is 0.500. The zero-order valence-electron chi connectivity index (χ0n) is 15.9. The number of anilines is 1. The van der Waals surface area contributed by atoms with E-state index in [0.717, 1.165) is 23.1 Å². The minimum absolute atomic E-state index is 0.0963. The smallest absolute Gasteiger partial charge is 0.337 e. The van der Waals surface area contributed by atoms with Crippen LogP contribution >= 0.6 is 11.8 Å². The van der Waals surface area contributed by atoms with Crippen molar-refractivity contribution in [1.82, 2.24) is 10.2 Å². The van der Waals surface area contributed by atoms with Gasteiger partial charge in [0.15, 0.2) is 6.61 Å². The summed E-state index contributed by atoms with van der Waals surface area (Å²) in [4.78, 5) is 23.5. The molecule has 0 aliphatic carbocycles. The Morgan fingerprint density at radius 2 is 1.86 bits per heavy atom. The number of methoxy groups -OCH3 is 1. The van der Waals surface area contributed by atoms with Crippen LogP contribution in [0.3, 0.4) is 0 Å². The largest absolute Gasteiger partial charge is 0.484 e. The average Bonchev–Trinajstić information content (AvgIpc) is 3.19. The van der Waals surface area contributed by atoms with Crippen LogP contribution in [0.2, 0.25) is 0 Å². The molecule has 8 nitrogen and oxygen atoms in total. The van der Waals surface area contributed by atoms with Crippen LogP contribution in [-0.4, -0.2) is 34.9 Å². The van der Waals surface area contributed by atoms with Gasteiger partial charge in [-0.1, -0.05) is 30.0 Å². The number of ether oxygens (including phenoxy) is 2. The quantitative estimate of drug-likeness (QED) is 0.442. The van der Waals surface area contributed by atoms with E-state index >= 15 is 0 Å². The first kappa shape index (κ1) is 20.4. The van der Waals surface area contributed by atoms with Gasteiger partial charge in [-0.25, -0.2) is 4.79 Å². The molecule has 0 radical (unpaired) electrons. The van der Waals surface area contributed by atoms with Gasteiger partial charge in [-0.15, -0.1) is 10.2 Å². The van der Waals surface area contributed by atoms with Crippen molar-refractivity contribution in [2.24, 2.45) is 0 Å². The SMILES string of the molecule is COC(=O)c1ccc(NC(=O)CSc2nnc(COc3ccccc3C)o2)cc1. The maximum atomic E-state index is 12.1. The molecule has 0 saturated carbocycles. The van der Waals surface area contributed by atoms with Crippen molar-refractivity contribution in [2.45, 2.75) is 18.8 Å². The summed E-state index contributed by atoms with van der Waals surface area (Å²) < 4.78 is 15.8. The summed E-state index contributed by atoms with van der Waals surface area (Å²) in [5, 5.41) is 10.8. The lowest BCUT2D eigenvalue weighted by atomic mass is 10.2. The Kier molecular flexibility index (Phi) is 6.85. The van der Waals surface area contributed by atoms with Crippen molar-refractivity contribution in [3.05, 3.63) is 65.5 Å². The van der Waals surface area contributed by atoms with Gasteiger partial charge in [0.1, 0.15) is 5.75 Å². The van der Waals surface area contributed by atoms with Crippen LogP contribution in [0.5, 0.6) is 5.75 Å². The van der Waals surface area contributed by atoms with Crippen molar-refractivity contribution in [2.75, 3.05) is 18.2 Å². The molecule has 0 unspecified atom stereocenters. The molecule has 0 bridgehead atoms. The maximum absolute atomic E-state index is 12.1. The van der Waals surface area contributed by atoms with E-state index in [-0.39, 0.29) is 23.5 Å². The molecule has 0 spiro atoms. The van der Waals surface area contributed by atoms with Gasteiger partial charge in [0.05, 0.1) is 18.4 Å². The van der Waals surface area contributed by atoms with E-state index in [1.54, 1.807) is 24.3 Å². The lowest BCUT2D eigenvalue weighted by molar-refractivity contribution is -0.113. The zero-order valence-corrected chi connectivity index (χ0v) is 16.7. The Bertz CT molecular complexity index is 988. The molecule has 0 aliphatic rings. The molecular weight excluding hydrogens is 394 g/mol.